The van der Waals surface area contributed by atoms with Crippen molar-refractivity contribution >= 4 is 11.8 Å². The first kappa shape index (κ1) is 19.2. The minimum Gasteiger partial charge on any atom is -0.486 e. The van der Waals surface area contributed by atoms with Crippen molar-refractivity contribution in [1.82, 2.24) is 14.9 Å². The molecule has 1 heterocycles. The molecule has 0 aliphatic heterocycles. The molecule has 3 aromatic rings. The van der Waals surface area contributed by atoms with Gasteiger partial charge in [0.05, 0.1) is 0 Å². The largest absolute Gasteiger partial charge is 0.486 e. The van der Waals surface area contributed by atoms with Gasteiger partial charge in [-0.2, -0.15) is 0 Å². The van der Waals surface area contributed by atoms with Crippen LogP contribution < -0.4 is 10.6 Å². The van der Waals surface area contributed by atoms with Crippen molar-refractivity contribution in [3.05, 3.63) is 71.3 Å². The molecule has 0 spiro atoms. The third-order valence-corrected chi connectivity index (χ3v) is 5.12. The van der Waals surface area contributed by atoms with Gasteiger partial charge >= 0.3 is 0 Å². The summed E-state index contributed by atoms with van der Waals surface area (Å²) in [6.07, 6.45) is 0. The van der Waals surface area contributed by atoms with E-state index in [1.165, 1.54) is 34.1 Å². The predicted octanol–water partition coefficient (Wildman–Crippen LogP) is 4.30. The molecule has 3 rings (SSSR count). The number of rotatable bonds is 6. The fourth-order valence-electron chi connectivity index (χ4n) is 2.43. The van der Waals surface area contributed by atoms with Gasteiger partial charge in [0.25, 0.3) is 0 Å². The molecule has 2 N–H and O–H groups in total. The van der Waals surface area contributed by atoms with Crippen molar-refractivity contribution in [2.45, 2.75) is 43.7 Å². The van der Waals surface area contributed by atoms with E-state index in [0.717, 1.165) is 11.3 Å². The smallest absolute Gasteiger partial charge is 0.210 e. The monoisotopic (exact) mass is 386 g/mol. The third-order valence-electron chi connectivity index (χ3n) is 4.10. The lowest BCUT2D eigenvalue weighted by molar-refractivity contribution is 0.291. The highest BCUT2D eigenvalue weighted by Gasteiger charge is 2.14. The first-order valence-corrected chi connectivity index (χ1v) is 9.61. The second-order valence-corrected chi connectivity index (χ2v) is 8.19. The highest BCUT2D eigenvalue weighted by molar-refractivity contribution is 7.98. The van der Waals surface area contributed by atoms with E-state index in [1.807, 2.05) is 12.1 Å². The van der Waals surface area contributed by atoms with Crippen molar-refractivity contribution in [3.63, 3.8) is 0 Å². The van der Waals surface area contributed by atoms with E-state index in [-0.39, 0.29) is 17.8 Å². The van der Waals surface area contributed by atoms with E-state index in [4.69, 9.17) is 10.6 Å². The van der Waals surface area contributed by atoms with Crippen molar-refractivity contribution in [2.75, 3.05) is 5.84 Å². The Kier molecular flexibility index (Phi) is 5.70. The summed E-state index contributed by atoms with van der Waals surface area (Å²) in [7, 11) is 0. The number of ether oxygens (including phenoxy) is 1. The standard InChI is InChI=1S/C20H23FN4OS/c1-20(2,3)15-6-10-17(11-7-15)26-12-18-23-24-19(25(18)22)27-13-14-4-8-16(21)9-5-14/h4-11H,12-13,22H2,1-3H3. The molecule has 0 atom stereocenters. The number of hydrogen-bond donors (Lipinski definition) is 1. The van der Waals surface area contributed by atoms with Crippen LogP contribution in [0.1, 0.15) is 37.7 Å². The zero-order chi connectivity index (χ0) is 19.4. The Bertz CT molecular complexity index is 886. The van der Waals surface area contributed by atoms with Gasteiger partial charge in [0.15, 0.2) is 5.82 Å². The molecule has 0 saturated carbocycles. The van der Waals surface area contributed by atoms with E-state index in [9.17, 15) is 4.39 Å². The predicted molar refractivity (Wildman–Crippen MR) is 106 cm³/mol. The minimum absolute atomic E-state index is 0.104. The first-order chi connectivity index (χ1) is 12.8. The number of aromatic nitrogens is 3. The summed E-state index contributed by atoms with van der Waals surface area (Å²) in [5.41, 5.74) is 2.34. The van der Waals surface area contributed by atoms with E-state index in [1.54, 1.807) is 12.1 Å². The second-order valence-electron chi connectivity index (χ2n) is 7.25. The lowest BCUT2D eigenvalue weighted by Gasteiger charge is -2.19. The maximum Gasteiger partial charge on any atom is 0.210 e. The molecular formula is C20H23FN4OS. The Morgan fingerprint density at radius 1 is 1.04 bits per heavy atom. The normalized spacial score (nSPS) is 11.6. The quantitative estimate of drug-likeness (QED) is 0.505. The molecule has 0 saturated heterocycles. The molecule has 0 aliphatic carbocycles. The van der Waals surface area contributed by atoms with Gasteiger partial charge in [-0.05, 0) is 40.8 Å². The number of benzene rings is 2. The summed E-state index contributed by atoms with van der Waals surface area (Å²) in [6, 6.07) is 14.4. The van der Waals surface area contributed by atoms with Crippen molar-refractivity contribution in [2.24, 2.45) is 0 Å². The van der Waals surface area contributed by atoms with Gasteiger partial charge in [-0.1, -0.05) is 56.8 Å². The molecule has 2 aromatic carbocycles. The Balaban J connectivity index is 1.57. The number of hydrogen-bond acceptors (Lipinski definition) is 5. The van der Waals surface area contributed by atoms with Crippen LogP contribution in [0.4, 0.5) is 4.39 Å². The lowest BCUT2D eigenvalue weighted by Crippen LogP contribution is -2.16. The fourth-order valence-corrected chi connectivity index (χ4v) is 3.26. The van der Waals surface area contributed by atoms with Crippen molar-refractivity contribution < 1.29 is 9.13 Å². The topological polar surface area (TPSA) is 66.0 Å². The molecule has 0 unspecified atom stereocenters. The molecule has 7 heteroatoms. The summed E-state index contributed by atoms with van der Waals surface area (Å²) in [5.74, 6) is 7.74. The molecular weight excluding hydrogens is 363 g/mol. The molecule has 27 heavy (non-hydrogen) atoms. The van der Waals surface area contributed by atoms with Crippen LogP contribution in [0.3, 0.4) is 0 Å². The first-order valence-electron chi connectivity index (χ1n) is 8.63. The fraction of sp³-hybridized carbons (Fsp3) is 0.300. The third kappa shape index (κ3) is 5.01. The van der Waals surface area contributed by atoms with Crippen LogP contribution in [0.5, 0.6) is 5.75 Å². The average molecular weight is 386 g/mol. The number of halogens is 1. The van der Waals surface area contributed by atoms with Gasteiger partial charge < -0.3 is 10.6 Å². The highest BCUT2D eigenvalue weighted by Crippen LogP contribution is 2.25. The number of nitrogens with zero attached hydrogens (tertiary/aromatic N) is 3. The molecule has 0 aliphatic rings. The van der Waals surface area contributed by atoms with Crippen LogP contribution in [0.2, 0.25) is 0 Å². The molecule has 0 amide bonds. The van der Waals surface area contributed by atoms with Crippen molar-refractivity contribution in [1.29, 1.82) is 0 Å². The van der Waals surface area contributed by atoms with Crippen LogP contribution in [0.25, 0.3) is 0 Å². The van der Waals surface area contributed by atoms with E-state index < -0.39 is 0 Å². The van der Waals surface area contributed by atoms with E-state index >= 15 is 0 Å². The van der Waals surface area contributed by atoms with Gasteiger partial charge in [0.2, 0.25) is 5.16 Å². The molecule has 142 valence electrons. The van der Waals surface area contributed by atoms with Gasteiger partial charge in [-0.3, -0.25) is 0 Å². The van der Waals surface area contributed by atoms with Crippen LogP contribution in [-0.2, 0) is 17.8 Å². The van der Waals surface area contributed by atoms with E-state index in [2.05, 4.69) is 43.1 Å². The number of nitrogens with two attached hydrogens (primary N) is 1. The molecule has 0 fully saturated rings. The second kappa shape index (κ2) is 8.00. The van der Waals surface area contributed by atoms with Gasteiger partial charge in [-0.15, -0.1) is 10.2 Å². The summed E-state index contributed by atoms with van der Waals surface area (Å²) in [6.45, 7) is 6.75. The average Bonchev–Trinajstić information content (AvgIpc) is 2.99. The molecule has 5 nitrogen and oxygen atoms in total. The van der Waals surface area contributed by atoms with Gasteiger partial charge in [0, 0.05) is 5.75 Å². The molecule has 0 bridgehead atoms. The summed E-state index contributed by atoms with van der Waals surface area (Å²) in [4.78, 5) is 0. The van der Waals surface area contributed by atoms with Gasteiger partial charge in [-0.25, -0.2) is 9.07 Å². The number of nitrogen functional groups attached to an aromatic ring is 1. The zero-order valence-electron chi connectivity index (χ0n) is 15.6. The van der Waals surface area contributed by atoms with Crippen LogP contribution in [0, 0.1) is 5.82 Å². The summed E-state index contributed by atoms with van der Waals surface area (Å²) in [5, 5.41) is 8.78. The lowest BCUT2D eigenvalue weighted by atomic mass is 9.87. The van der Waals surface area contributed by atoms with Gasteiger partial charge in [0.1, 0.15) is 18.2 Å². The molecule has 1 aromatic heterocycles. The maximum absolute atomic E-state index is 13.0. The Hall–Kier alpha value is -2.54. The van der Waals surface area contributed by atoms with Crippen LogP contribution in [-0.4, -0.2) is 14.9 Å². The Morgan fingerprint density at radius 2 is 1.70 bits per heavy atom. The van der Waals surface area contributed by atoms with Crippen LogP contribution >= 0.6 is 11.8 Å². The Morgan fingerprint density at radius 3 is 2.33 bits per heavy atom. The number of thioether (sulfide) groups is 1. The molecule has 0 radical (unpaired) electrons. The SMILES string of the molecule is CC(C)(C)c1ccc(OCc2nnc(SCc3ccc(F)cc3)n2N)cc1. The summed E-state index contributed by atoms with van der Waals surface area (Å²) < 4.78 is 20.2. The zero-order valence-corrected chi connectivity index (χ0v) is 16.5. The minimum atomic E-state index is -0.249. The Labute approximate surface area is 162 Å². The summed E-state index contributed by atoms with van der Waals surface area (Å²) >= 11 is 1.44. The van der Waals surface area contributed by atoms with E-state index in [0.29, 0.717) is 16.7 Å². The van der Waals surface area contributed by atoms with Crippen LogP contribution in [0.15, 0.2) is 53.7 Å². The highest BCUT2D eigenvalue weighted by atomic mass is 32.2. The van der Waals surface area contributed by atoms with Crippen molar-refractivity contribution in [3.8, 4) is 5.75 Å². The maximum atomic E-state index is 13.0.